The molecule has 0 radical (unpaired) electrons. The van der Waals surface area contributed by atoms with E-state index >= 15 is 0 Å². The number of amides is 1. The lowest BCUT2D eigenvalue weighted by Crippen LogP contribution is -2.20. The minimum atomic E-state index is 0.119. The van der Waals surface area contributed by atoms with Gasteiger partial charge in [-0.25, -0.2) is 0 Å². The molecule has 0 atom stereocenters. The first-order chi connectivity index (χ1) is 9.08. The Balaban J connectivity index is 2.00. The van der Waals surface area contributed by atoms with Crippen molar-refractivity contribution in [3.05, 3.63) is 23.3 Å². The molecule has 1 heterocycles. The predicted octanol–water partition coefficient (Wildman–Crippen LogP) is 3.36. The SMILES string of the molecule is Cc1ccc(N)c(C)c1NC(=O)CC1CCSCC1. The van der Waals surface area contributed by atoms with Crippen LogP contribution in [-0.2, 0) is 4.79 Å². The molecule has 0 aliphatic carbocycles. The maximum absolute atomic E-state index is 12.1. The van der Waals surface area contributed by atoms with E-state index in [4.69, 9.17) is 5.73 Å². The van der Waals surface area contributed by atoms with Gasteiger partial charge in [0.05, 0.1) is 0 Å². The summed E-state index contributed by atoms with van der Waals surface area (Å²) in [5, 5.41) is 3.04. The molecule has 1 aliphatic heterocycles. The van der Waals surface area contributed by atoms with Crippen LogP contribution in [0.1, 0.15) is 30.4 Å². The summed E-state index contributed by atoms with van der Waals surface area (Å²) >= 11 is 1.99. The molecule has 0 bridgehead atoms. The highest BCUT2D eigenvalue weighted by atomic mass is 32.2. The molecule has 1 aromatic rings. The van der Waals surface area contributed by atoms with E-state index in [1.54, 1.807) is 0 Å². The monoisotopic (exact) mass is 278 g/mol. The van der Waals surface area contributed by atoms with Crippen LogP contribution >= 0.6 is 11.8 Å². The number of rotatable bonds is 3. The van der Waals surface area contributed by atoms with Gasteiger partial charge in [0.25, 0.3) is 0 Å². The molecule has 3 nitrogen and oxygen atoms in total. The minimum Gasteiger partial charge on any atom is -0.398 e. The number of hydrogen-bond donors (Lipinski definition) is 2. The number of aryl methyl sites for hydroxylation is 1. The predicted molar refractivity (Wildman–Crippen MR) is 83.6 cm³/mol. The second kappa shape index (κ2) is 6.33. The second-order valence-corrected chi connectivity index (χ2v) is 6.50. The lowest BCUT2D eigenvalue weighted by atomic mass is 9.98. The number of carbonyl (C=O) groups excluding carboxylic acids is 1. The molecule has 0 aromatic heterocycles. The zero-order chi connectivity index (χ0) is 13.8. The van der Waals surface area contributed by atoms with Gasteiger partial charge < -0.3 is 11.1 Å². The van der Waals surface area contributed by atoms with Gasteiger partial charge in [0.2, 0.25) is 5.91 Å². The molecular weight excluding hydrogens is 256 g/mol. The fourth-order valence-electron chi connectivity index (χ4n) is 2.46. The van der Waals surface area contributed by atoms with Gasteiger partial charge in [-0.3, -0.25) is 4.79 Å². The van der Waals surface area contributed by atoms with Crippen molar-refractivity contribution in [2.75, 3.05) is 22.6 Å². The molecule has 1 saturated heterocycles. The summed E-state index contributed by atoms with van der Waals surface area (Å²) in [6, 6.07) is 3.84. The molecular formula is C15H22N2OS. The van der Waals surface area contributed by atoms with Gasteiger partial charge in [-0.05, 0) is 61.3 Å². The summed E-state index contributed by atoms with van der Waals surface area (Å²) in [5.74, 6) is 3.04. The first-order valence-electron chi connectivity index (χ1n) is 6.81. The highest BCUT2D eigenvalue weighted by Gasteiger charge is 2.18. The van der Waals surface area contributed by atoms with Gasteiger partial charge in [-0.15, -0.1) is 0 Å². The Kier molecular flexibility index (Phi) is 4.75. The van der Waals surface area contributed by atoms with E-state index in [2.05, 4.69) is 5.32 Å². The lowest BCUT2D eigenvalue weighted by Gasteiger charge is -2.21. The number of nitrogens with two attached hydrogens (primary N) is 1. The van der Waals surface area contributed by atoms with Crippen LogP contribution in [0.2, 0.25) is 0 Å². The Morgan fingerprint density at radius 1 is 1.37 bits per heavy atom. The molecule has 4 heteroatoms. The molecule has 1 aliphatic rings. The summed E-state index contributed by atoms with van der Waals surface area (Å²) in [5.41, 5.74) is 9.55. The van der Waals surface area contributed by atoms with E-state index in [-0.39, 0.29) is 5.91 Å². The molecule has 0 unspecified atom stereocenters. The highest BCUT2D eigenvalue weighted by Crippen LogP contribution is 2.28. The third-order valence-corrected chi connectivity index (χ3v) is 4.84. The quantitative estimate of drug-likeness (QED) is 0.834. The Morgan fingerprint density at radius 2 is 2.05 bits per heavy atom. The maximum Gasteiger partial charge on any atom is 0.224 e. The van der Waals surface area contributed by atoms with Gasteiger partial charge in [-0.2, -0.15) is 11.8 Å². The zero-order valence-electron chi connectivity index (χ0n) is 11.7. The van der Waals surface area contributed by atoms with Crippen molar-refractivity contribution < 1.29 is 4.79 Å². The molecule has 1 amide bonds. The number of thioether (sulfide) groups is 1. The van der Waals surface area contributed by atoms with E-state index in [0.29, 0.717) is 12.3 Å². The number of benzene rings is 1. The molecule has 3 N–H and O–H groups in total. The Morgan fingerprint density at radius 3 is 2.74 bits per heavy atom. The van der Waals surface area contributed by atoms with Crippen LogP contribution in [0.5, 0.6) is 0 Å². The van der Waals surface area contributed by atoms with Crippen LogP contribution in [0.25, 0.3) is 0 Å². The van der Waals surface area contributed by atoms with Crippen molar-refractivity contribution in [2.24, 2.45) is 5.92 Å². The number of anilines is 2. The smallest absolute Gasteiger partial charge is 0.224 e. The lowest BCUT2D eigenvalue weighted by molar-refractivity contribution is -0.117. The number of hydrogen-bond acceptors (Lipinski definition) is 3. The van der Waals surface area contributed by atoms with Crippen molar-refractivity contribution >= 4 is 29.0 Å². The molecule has 0 spiro atoms. The first kappa shape index (κ1) is 14.3. The van der Waals surface area contributed by atoms with Gasteiger partial charge in [0.15, 0.2) is 0 Å². The normalized spacial score (nSPS) is 16.3. The van der Waals surface area contributed by atoms with Crippen LogP contribution in [0.15, 0.2) is 12.1 Å². The van der Waals surface area contributed by atoms with E-state index in [0.717, 1.165) is 35.3 Å². The molecule has 104 valence electrons. The van der Waals surface area contributed by atoms with Crippen LogP contribution in [0, 0.1) is 19.8 Å². The summed E-state index contributed by atoms with van der Waals surface area (Å²) in [7, 11) is 0. The van der Waals surface area contributed by atoms with Crippen LogP contribution < -0.4 is 11.1 Å². The van der Waals surface area contributed by atoms with E-state index in [1.807, 2.05) is 37.7 Å². The van der Waals surface area contributed by atoms with Gasteiger partial charge in [-0.1, -0.05) is 6.07 Å². The van der Waals surface area contributed by atoms with Crippen LogP contribution in [0.4, 0.5) is 11.4 Å². The Labute approximate surface area is 119 Å². The topological polar surface area (TPSA) is 55.1 Å². The average Bonchev–Trinajstić information content (AvgIpc) is 2.40. The summed E-state index contributed by atoms with van der Waals surface area (Å²) < 4.78 is 0. The minimum absolute atomic E-state index is 0.119. The third-order valence-electron chi connectivity index (χ3n) is 3.79. The standard InChI is InChI=1S/C15H22N2OS/c1-10-3-4-13(16)11(2)15(10)17-14(18)9-12-5-7-19-8-6-12/h3-4,12H,5-9,16H2,1-2H3,(H,17,18). The number of nitrogen functional groups attached to an aromatic ring is 1. The largest absolute Gasteiger partial charge is 0.398 e. The molecule has 1 fully saturated rings. The summed E-state index contributed by atoms with van der Waals surface area (Å²) in [6.07, 6.45) is 2.95. The highest BCUT2D eigenvalue weighted by molar-refractivity contribution is 7.99. The van der Waals surface area contributed by atoms with Crippen LogP contribution in [0.3, 0.4) is 0 Å². The fourth-order valence-corrected chi connectivity index (χ4v) is 3.66. The van der Waals surface area contributed by atoms with Crippen molar-refractivity contribution in [3.8, 4) is 0 Å². The van der Waals surface area contributed by atoms with Gasteiger partial charge in [0.1, 0.15) is 0 Å². The van der Waals surface area contributed by atoms with Crippen molar-refractivity contribution in [1.29, 1.82) is 0 Å². The van der Waals surface area contributed by atoms with Gasteiger partial charge >= 0.3 is 0 Å². The fraction of sp³-hybridized carbons (Fsp3) is 0.533. The van der Waals surface area contributed by atoms with E-state index < -0.39 is 0 Å². The number of carbonyl (C=O) groups is 1. The Bertz CT molecular complexity index is 467. The maximum atomic E-state index is 12.1. The van der Waals surface area contributed by atoms with Gasteiger partial charge in [0, 0.05) is 17.8 Å². The first-order valence-corrected chi connectivity index (χ1v) is 7.96. The second-order valence-electron chi connectivity index (χ2n) is 5.28. The van der Waals surface area contributed by atoms with Crippen molar-refractivity contribution in [1.82, 2.24) is 0 Å². The van der Waals surface area contributed by atoms with Crippen molar-refractivity contribution in [2.45, 2.75) is 33.1 Å². The molecule has 2 rings (SSSR count). The third kappa shape index (κ3) is 3.66. The average molecular weight is 278 g/mol. The Hall–Kier alpha value is -1.16. The molecule has 1 aromatic carbocycles. The molecule has 0 saturated carbocycles. The van der Waals surface area contributed by atoms with Crippen LogP contribution in [-0.4, -0.2) is 17.4 Å². The molecule has 19 heavy (non-hydrogen) atoms. The van der Waals surface area contributed by atoms with E-state index in [1.165, 1.54) is 11.5 Å². The summed E-state index contributed by atoms with van der Waals surface area (Å²) in [4.78, 5) is 12.1. The van der Waals surface area contributed by atoms with E-state index in [9.17, 15) is 4.79 Å². The van der Waals surface area contributed by atoms with Crippen molar-refractivity contribution in [3.63, 3.8) is 0 Å². The number of nitrogens with one attached hydrogen (secondary N) is 1. The zero-order valence-corrected chi connectivity index (χ0v) is 12.5. The summed E-state index contributed by atoms with van der Waals surface area (Å²) in [6.45, 7) is 3.95.